The SMILES string of the molecule is Cc1ccsc1C(=O)NCCCC(C)Br. The van der Waals surface area contributed by atoms with Crippen LogP contribution in [0.2, 0.25) is 0 Å². The highest BCUT2D eigenvalue weighted by atomic mass is 79.9. The molecule has 0 saturated carbocycles. The van der Waals surface area contributed by atoms with Gasteiger partial charge in [-0.3, -0.25) is 4.79 Å². The summed E-state index contributed by atoms with van der Waals surface area (Å²) in [6.45, 7) is 4.84. The van der Waals surface area contributed by atoms with E-state index in [0.29, 0.717) is 4.83 Å². The van der Waals surface area contributed by atoms with Crippen molar-refractivity contribution in [3.05, 3.63) is 21.9 Å². The van der Waals surface area contributed by atoms with Crippen LogP contribution in [0.5, 0.6) is 0 Å². The number of carbonyl (C=O) groups is 1. The third-order valence-corrected chi connectivity index (χ3v) is 3.61. The van der Waals surface area contributed by atoms with Gasteiger partial charge in [0.15, 0.2) is 0 Å². The van der Waals surface area contributed by atoms with Crippen molar-refractivity contribution in [1.29, 1.82) is 0 Å². The van der Waals surface area contributed by atoms with Crippen molar-refractivity contribution >= 4 is 33.2 Å². The van der Waals surface area contributed by atoms with Gasteiger partial charge in [0.05, 0.1) is 4.88 Å². The number of carbonyl (C=O) groups excluding carboxylic acids is 1. The van der Waals surface area contributed by atoms with Crippen LogP contribution in [0.15, 0.2) is 11.4 Å². The molecule has 1 unspecified atom stereocenters. The van der Waals surface area contributed by atoms with E-state index >= 15 is 0 Å². The van der Waals surface area contributed by atoms with Gasteiger partial charge in [0.1, 0.15) is 0 Å². The minimum absolute atomic E-state index is 0.0599. The lowest BCUT2D eigenvalue weighted by Crippen LogP contribution is -2.24. The van der Waals surface area contributed by atoms with Crippen LogP contribution in [0.3, 0.4) is 0 Å². The van der Waals surface area contributed by atoms with E-state index in [2.05, 4.69) is 28.2 Å². The normalized spacial score (nSPS) is 12.5. The zero-order valence-electron chi connectivity index (χ0n) is 9.05. The topological polar surface area (TPSA) is 29.1 Å². The van der Waals surface area contributed by atoms with Crippen LogP contribution < -0.4 is 5.32 Å². The molecular weight excluding hydrogens is 274 g/mol. The second-order valence-electron chi connectivity index (χ2n) is 3.61. The molecule has 2 nitrogen and oxygen atoms in total. The Kier molecular flexibility index (Phi) is 5.32. The first-order chi connectivity index (χ1) is 7.11. The molecular formula is C11H16BrNOS. The molecule has 0 bridgehead atoms. The lowest BCUT2D eigenvalue weighted by atomic mass is 10.2. The molecule has 0 saturated heterocycles. The summed E-state index contributed by atoms with van der Waals surface area (Å²) in [6, 6.07) is 1.97. The Morgan fingerprint density at radius 3 is 2.93 bits per heavy atom. The number of halogens is 1. The first kappa shape index (κ1) is 12.7. The number of thiophene rings is 1. The Balaban J connectivity index is 2.28. The molecule has 0 fully saturated rings. The molecule has 1 heterocycles. The summed E-state index contributed by atoms with van der Waals surface area (Å²) in [7, 11) is 0. The smallest absolute Gasteiger partial charge is 0.261 e. The Hall–Kier alpha value is -0.350. The molecule has 1 atom stereocenters. The summed E-state index contributed by atoms with van der Waals surface area (Å²) in [4.78, 5) is 13.0. The Morgan fingerprint density at radius 2 is 2.40 bits per heavy atom. The van der Waals surface area contributed by atoms with Gasteiger partial charge in [-0.1, -0.05) is 22.9 Å². The van der Waals surface area contributed by atoms with E-state index in [9.17, 15) is 4.79 Å². The van der Waals surface area contributed by atoms with Crippen LogP contribution in [0.4, 0.5) is 0 Å². The maximum Gasteiger partial charge on any atom is 0.261 e. The zero-order chi connectivity index (χ0) is 11.3. The van der Waals surface area contributed by atoms with Gasteiger partial charge >= 0.3 is 0 Å². The van der Waals surface area contributed by atoms with Gasteiger partial charge in [0, 0.05) is 11.4 Å². The molecule has 0 aliphatic heterocycles. The number of rotatable bonds is 5. The summed E-state index contributed by atoms with van der Waals surface area (Å²) in [5, 5.41) is 4.88. The van der Waals surface area contributed by atoms with Crippen molar-refractivity contribution in [1.82, 2.24) is 5.32 Å². The van der Waals surface area contributed by atoms with Gasteiger partial charge in [0.2, 0.25) is 0 Å². The molecule has 0 aromatic carbocycles. The predicted molar refractivity (Wildman–Crippen MR) is 69.0 cm³/mol. The standard InChI is InChI=1S/C11H16BrNOS/c1-8-5-7-15-10(8)11(14)13-6-3-4-9(2)12/h5,7,9H,3-4,6H2,1-2H3,(H,13,14). The summed E-state index contributed by atoms with van der Waals surface area (Å²) in [5.74, 6) is 0.0599. The average Bonchev–Trinajstić information content (AvgIpc) is 2.58. The van der Waals surface area contributed by atoms with Gasteiger partial charge < -0.3 is 5.32 Å². The van der Waals surface area contributed by atoms with Crippen molar-refractivity contribution < 1.29 is 4.79 Å². The summed E-state index contributed by atoms with van der Waals surface area (Å²) in [5.41, 5.74) is 1.06. The molecule has 1 amide bonds. The predicted octanol–water partition coefficient (Wildman–Crippen LogP) is 3.35. The van der Waals surface area contributed by atoms with Gasteiger partial charge in [-0.15, -0.1) is 11.3 Å². The van der Waals surface area contributed by atoms with E-state index in [-0.39, 0.29) is 5.91 Å². The maximum atomic E-state index is 11.7. The summed E-state index contributed by atoms with van der Waals surface area (Å²) < 4.78 is 0. The van der Waals surface area contributed by atoms with Crippen molar-refractivity contribution in [2.75, 3.05) is 6.54 Å². The molecule has 0 aliphatic rings. The fraction of sp³-hybridized carbons (Fsp3) is 0.545. The number of alkyl halides is 1. The van der Waals surface area contributed by atoms with E-state index in [1.165, 1.54) is 11.3 Å². The van der Waals surface area contributed by atoms with E-state index in [0.717, 1.165) is 29.8 Å². The number of hydrogen-bond donors (Lipinski definition) is 1. The third kappa shape index (κ3) is 4.34. The van der Waals surface area contributed by atoms with Crippen molar-refractivity contribution in [2.24, 2.45) is 0 Å². The van der Waals surface area contributed by atoms with Crippen LogP contribution >= 0.6 is 27.3 Å². The maximum absolute atomic E-state index is 11.7. The lowest BCUT2D eigenvalue weighted by molar-refractivity contribution is 0.0956. The van der Waals surface area contributed by atoms with Crippen LogP contribution in [0, 0.1) is 6.92 Å². The fourth-order valence-corrected chi connectivity index (χ4v) is 2.44. The zero-order valence-corrected chi connectivity index (χ0v) is 11.5. The van der Waals surface area contributed by atoms with E-state index in [1.54, 1.807) is 0 Å². The molecule has 0 spiro atoms. The van der Waals surface area contributed by atoms with Crippen LogP contribution in [-0.4, -0.2) is 17.3 Å². The van der Waals surface area contributed by atoms with Gasteiger partial charge in [0.25, 0.3) is 5.91 Å². The number of hydrogen-bond acceptors (Lipinski definition) is 2. The Bertz CT molecular complexity index is 322. The molecule has 1 aromatic rings. The Morgan fingerprint density at radius 1 is 1.67 bits per heavy atom. The van der Waals surface area contributed by atoms with Crippen LogP contribution in [0.1, 0.15) is 35.0 Å². The molecule has 0 radical (unpaired) electrons. The number of aryl methyl sites for hydroxylation is 1. The monoisotopic (exact) mass is 289 g/mol. The lowest BCUT2D eigenvalue weighted by Gasteiger charge is -2.05. The molecule has 15 heavy (non-hydrogen) atoms. The summed E-state index contributed by atoms with van der Waals surface area (Å²) >= 11 is 4.98. The van der Waals surface area contributed by atoms with Gasteiger partial charge in [-0.2, -0.15) is 0 Å². The first-order valence-electron chi connectivity index (χ1n) is 5.07. The highest BCUT2D eigenvalue weighted by molar-refractivity contribution is 9.09. The van der Waals surface area contributed by atoms with Crippen molar-refractivity contribution in [3.63, 3.8) is 0 Å². The van der Waals surface area contributed by atoms with Crippen molar-refractivity contribution in [3.8, 4) is 0 Å². The first-order valence-corrected chi connectivity index (χ1v) is 6.87. The molecule has 84 valence electrons. The second kappa shape index (κ2) is 6.28. The number of amides is 1. The number of nitrogens with one attached hydrogen (secondary N) is 1. The van der Waals surface area contributed by atoms with E-state index in [1.807, 2.05) is 18.4 Å². The van der Waals surface area contributed by atoms with E-state index in [4.69, 9.17) is 0 Å². The average molecular weight is 290 g/mol. The Labute approximate surface area is 103 Å². The second-order valence-corrected chi connectivity index (χ2v) is 6.09. The van der Waals surface area contributed by atoms with Crippen LogP contribution in [-0.2, 0) is 0 Å². The highest BCUT2D eigenvalue weighted by Gasteiger charge is 2.09. The van der Waals surface area contributed by atoms with Gasteiger partial charge in [-0.05, 0) is 36.8 Å². The minimum Gasteiger partial charge on any atom is -0.351 e. The quantitative estimate of drug-likeness (QED) is 0.654. The van der Waals surface area contributed by atoms with Crippen molar-refractivity contribution in [2.45, 2.75) is 31.5 Å². The molecule has 0 aliphatic carbocycles. The van der Waals surface area contributed by atoms with Crippen LogP contribution in [0.25, 0.3) is 0 Å². The largest absolute Gasteiger partial charge is 0.351 e. The minimum atomic E-state index is 0.0599. The third-order valence-electron chi connectivity index (χ3n) is 2.13. The summed E-state index contributed by atoms with van der Waals surface area (Å²) in [6.07, 6.45) is 2.10. The fourth-order valence-electron chi connectivity index (χ4n) is 1.27. The molecule has 1 aromatic heterocycles. The van der Waals surface area contributed by atoms with E-state index < -0.39 is 0 Å². The molecule has 1 rings (SSSR count). The van der Waals surface area contributed by atoms with Gasteiger partial charge in [-0.25, -0.2) is 0 Å². The molecule has 4 heteroatoms. The molecule has 1 N–H and O–H groups in total. The highest BCUT2D eigenvalue weighted by Crippen LogP contribution is 2.15.